The molecule has 27 heteroatoms. The number of carbonyl (C=O) groups is 3. The average Bonchev–Trinajstić information content (AvgIpc) is 1.64. The van der Waals surface area contributed by atoms with Gasteiger partial charge in [-0.1, -0.05) is 70.1 Å². The van der Waals surface area contributed by atoms with Crippen LogP contribution >= 0.6 is 15.9 Å². The zero-order valence-corrected chi connectivity index (χ0v) is 72.2. The van der Waals surface area contributed by atoms with Crippen molar-refractivity contribution in [2.45, 2.75) is 92.3 Å². The topological polar surface area (TPSA) is 249 Å². The van der Waals surface area contributed by atoms with E-state index in [2.05, 4.69) is 167 Å². The molecule has 0 saturated carbocycles. The first-order chi connectivity index (χ1) is 57.1. The third-order valence-corrected chi connectivity index (χ3v) is 21.7. The number of rotatable bonds is 31. The summed E-state index contributed by atoms with van der Waals surface area (Å²) >= 11 is 3.34. The smallest absolute Gasteiger partial charge is 0.487 e. The van der Waals surface area contributed by atoms with Gasteiger partial charge in [0.2, 0.25) is 17.8 Å². The third-order valence-electron chi connectivity index (χ3n) is 21.3. The van der Waals surface area contributed by atoms with E-state index in [-0.39, 0.29) is 41.8 Å². The van der Waals surface area contributed by atoms with Gasteiger partial charge < -0.3 is 78.3 Å². The van der Waals surface area contributed by atoms with Crippen molar-refractivity contribution >= 4 is 111 Å². The van der Waals surface area contributed by atoms with E-state index < -0.39 is 7.12 Å². The van der Waals surface area contributed by atoms with Crippen molar-refractivity contribution < 1.29 is 47.4 Å². The highest BCUT2D eigenvalue weighted by atomic mass is 79.9. The van der Waals surface area contributed by atoms with E-state index in [1.54, 1.807) is 64.3 Å². The number of anilines is 9. The molecule has 624 valence electrons. The average molecular weight is 1670 g/mol. The van der Waals surface area contributed by atoms with Crippen LogP contribution in [0.15, 0.2) is 175 Å². The Bertz CT molecular complexity index is 4730. The van der Waals surface area contributed by atoms with E-state index in [1.165, 1.54) is 31.3 Å². The highest BCUT2D eigenvalue weighted by Crippen LogP contribution is 2.38. The summed E-state index contributed by atoms with van der Waals surface area (Å²) in [6.45, 7) is 33.1. The van der Waals surface area contributed by atoms with E-state index >= 15 is 0 Å². The van der Waals surface area contributed by atoms with E-state index in [0.29, 0.717) is 58.2 Å². The molecule has 9 aromatic rings. The Morgan fingerprint density at radius 1 is 0.432 bits per heavy atom. The molecule has 0 bridgehead atoms. The number of ether oxygens (including phenoxy) is 5. The lowest BCUT2D eigenvalue weighted by Gasteiger charge is -2.35. The van der Waals surface area contributed by atoms with Gasteiger partial charge in [-0.3, -0.25) is 14.4 Å². The molecule has 0 amide bonds. The van der Waals surface area contributed by atoms with Crippen LogP contribution in [0, 0.1) is 0 Å². The van der Waals surface area contributed by atoms with Crippen molar-refractivity contribution in [3.63, 3.8) is 0 Å². The number of likely N-dealkylation sites (N-methyl/N-ethyl adjacent to an activating group) is 3. The van der Waals surface area contributed by atoms with Crippen molar-refractivity contribution in [2.24, 2.45) is 0 Å². The van der Waals surface area contributed by atoms with Crippen molar-refractivity contribution in [3.05, 3.63) is 220 Å². The molecule has 118 heavy (non-hydrogen) atoms. The molecule has 13 rings (SSSR count). The van der Waals surface area contributed by atoms with Gasteiger partial charge in [-0.25, -0.2) is 29.9 Å². The lowest BCUT2D eigenvalue weighted by atomic mass is 9.89. The molecule has 25 nitrogen and oxygen atoms in total. The molecule has 3 aromatic heterocycles. The van der Waals surface area contributed by atoms with Crippen LogP contribution in [0.3, 0.4) is 0 Å². The van der Waals surface area contributed by atoms with E-state index in [0.717, 1.165) is 167 Å². The Morgan fingerprint density at radius 3 is 1.19 bits per heavy atom. The second kappa shape index (κ2) is 44.9. The molecule has 0 radical (unpaired) electrons. The number of hydrogen-bond acceptors (Lipinski definition) is 25. The number of benzene rings is 6. The molecular formula is C91H115BBrN15O10. The van der Waals surface area contributed by atoms with Gasteiger partial charge in [0.1, 0.15) is 30.5 Å². The van der Waals surface area contributed by atoms with Crippen molar-refractivity contribution in [3.8, 4) is 17.2 Å². The third kappa shape index (κ3) is 27.0. The summed E-state index contributed by atoms with van der Waals surface area (Å²) < 4.78 is 38.8. The van der Waals surface area contributed by atoms with Crippen LogP contribution in [0.1, 0.15) is 127 Å². The van der Waals surface area contributed by atoms with Crippen molar-refractivity contribution in [1.82, 2.24) is 44.6 Å². The number of piperazine rings is 3. The molecule has 3 N–H and O–H groups in total. The number of halogens is 1. The largest absolute Gasteiger partial charge is 0.497 e. The van der Waals surface area contributed by atoms with Crippen LogP contribution in [0.5, 0.6) is 17.2 Å². The van der Waals surface area contributed by atoms with E-state index in [1.807, 2.05) is 126 Å². The quantitative estimate of drug-likeness (QED) is 0.0270. The van der Waals surface area contributed by atoms with Gasteiger partial charge in [0.05, 0.1) is 37.0 Å². The highest BCUT2D eigenvalue weighted by Gasteiger charge is 2.50. The lowest BCUT2D eigenvalue weighted by molar-refractivity contribution is 0.00578. The minimum atomic E-state index is -0.406. The second-order valence-corrected chi connectivity index (χ2v) is 30.9. The minimum Gasteiger partial charge on any atom is -0.497 e. The van der Waals surface area contributed by atoms with Crippen LogP contribution in [0.25, 0.3) is 18.2 Å². The summed E-state index contributed by atoms with van der Waals surface area (Å²) in [6.07, 6.45) is 19.3. The van der Waals surface area contributed by atoms with Gasteiger partial charge in [0, 0.05) is 193 Å². The summed E-state index contributed by atoms with van der Waals surface area (Å²) in [5.74, 6) is 5.50. The molecular weight excluding hydrogens is 1550 g/mol. The fourth-order valence-corrected chi connectivity index (χ4v) is 13.8. The summed E-state index contributed by atoms with van der Waals surface area (Å²) in [6, 6.07) is 41.8. The Morgan fingerprint density at radius 2 is 0.797 bits per heavy atom. The Balaban J connectivity index is 0.000000169. The maximum Gasteiger partial charge on any atom is 0.487 e. The molecule has 0 atom stereocenters. The minimum absolute atomic E-state index is 0.0248. The first kappa shape index (κ1) is 89.9. The molecule has 4 saturated heterocycles. The number of carbonyl (C=O) groups excluding carboxylic acids is 3. The maximum atomic E-state index is 12.3. The second-order valence-electron chi connectivity index (χ2n) is 30.0. The number of aromatic nitrogens is 6. The Labute approximate surface area is 705 Å². The van der Waals surface area contributed by atoms with Gasteiger partial charge in [0.25, 0.3) is 0 Å². The first-order valence-corrected chi connectivity index (χ1v) is 41.4. The van der Waals surface area contributed by atoms with Crippen LogP contribution in [0.2, 0.25) is 0 Å². The van der Waals surface area contributed by atoms with Crippen LogP contribution in [0.4, 0.5) is 52.0 Å². The predicted octanol–water partition coefficient (Wildman–Crippen LogP) is 15.8. The SMILES string of the molecule is CCCC(=O)c1cc(/C=C/B2OC(C)(C)C(C)(C)O2)cc(OC)c1.CCN1CCN(c2cccc(Nc3ncc(/C=C/c4cc(OC)cc(C(=O)COC)c4)cn3)c2)CC1.CCN1CCN(c2cccc(Nc3ncc(Br)cn3)c2)CC1.CCN1CCN(c2cccc(Nc3ncc(CCc4cc(OC)cc(C(=O)COC)c4)cn3)c2)CC1. The van der Waals surface area contributed by atoms with Crippen molar-refractivity contribution in [2.75, 3.05) is 178 Å². The number of Topliss-reactive ketones (excluding diaryl/α,β-unsaturated/α-hetero) is 3. The van der Waals surface area contributed by atoms with Gasteiger partial charge >= 0.3 is 7.12 Å². The Kier molecular flexibility index (Phi) is 34.2. The molecule has 4 aliphatic heterocycles. The normalized spacial score (nSPS) is 15.4. The summed E-state index contributed by atoms with van der Waals surface area (Å²) in [5, 5.41) is 9.88. The zero-order valence-electron chi connectivity index (χ0n) is 70.7. The lowest BCUT2D eigenvalue weighted by Crippen LogP contribution is -2.46. The van der Waals surface area contributed by atoms with Crippen LogP contribution < -0.4 is 44.9 Å². The highest BCUT2D eigenvalue weighted by molar-refractivity contribution is 9.10. The number of hydrogen-bond donors (Lipinski definition) is 3. The monoisotopic (exact) mass is 1670 g/mol. The van der Waals surface area contributed by atoms with Gasteiger partial charge in [-0.05, 0) is 214 Å². The molecule has 0 unspecified atom stereocenters. The van der Waals surface area contributed by atoms with E-state index in [4.69, 9.17) is 33.0 Å². The predicted molar refractivity (Wildman–Crippen MR) is 478 cm³/mol. The standard InChI is InChI=1S/C28H35N5O3.C28H33N5O3.C19H27BO4.C16H20BrN5/c2*1-4-32-10-12-33(13-11-32)25-7-5-6-24(17-25)31-28-29-18-22(19-30-28)9-8-21-14-23(27(34)20-35-2)16-26(15-21)36-3;1-7-8-17(21)15-11-14(12-16(13-15)22-6)9-10-20-23-18(2,3)19(4,5)24-20;1-2-21-6-8-22(9-7-21)15-5-3-4-14(10-15)20-16-18-11-13(17)12-19-16/h5-7,14-19H,4,8-13,20H2,1-3H3,(H,29,30,31);5-9,14-19H,4,10-13,20H2,1-3H3,(H,29,30,31);9-13H,7-8H2,1-6H3;3-5,10-12H,2,6-9H2,1H3,(H,18,19,20)/b;9-8+;10-9+;. The summed E-state index contributed by atoms with van der Waals surface area (Å²) in [5.41, 5.74) is 12.3. The molecule has 0 aliphatic carbocycles. The fourth-order valence-electron chi connectivity index (χ4n) is 13.6. The van der Waals surface area contributed by atoms with Crippen LogP contribution in [-0.4, -0.2) is 227 Å². The molecule has 4 fully saturated rings. The number of nitrogens with one attached hydrogen (secondary N) is 3. The molecule has 4 aliphatic rings. The number of nitrogens with zero attached hydrogens (tertiary/aromatic N) is 12. The van der Waals surface area contributed by atoms with Gasteiger partial charge in [-0.15, -0.1) is 0 Å². The van der Waals surface area contributed by atoms with Crippen LogP contribution in [-0.2, 0) is 31.6 Å². The molecule has 0 spiro atoms. The first-order valence-electron chi connectivity index (χ1n) is 40.6. The number of methoxy groups -OCH3 is 5. The number of ketones is 3. The Hall–Kier alpha value is -10.5. The summed E-state index contributed by atoms with van der Waals surface area (Å²) in [4.78, 5) is 77.8. The summed E-state index contributed by atoms with van der Waals surface area (Å²) in [7, 11) is 7.40. The zero-order chi connectivity index (χ0) is 84.0. The molecule has 6 aromatic carbocycles. The number of aryl methyl sites for hydroxylation is 2. The maximum absolute atomic E-state index is 12.3. The van der Waals surface area contributed by atoms with Crippen molar-refractivity contribution in [1.29, 1.82) is 0 Å². The van der Waals surface area contributed by atoms with E-state index in [9.17, 15) is 14.4 Å². The molecule has 7 heterocycles. The van der Waals surface area contributed by atoms with Gasteiger partial charge in [-0.2, -0.15) is 0 Å². The van der Waals surface area contributed by atoms with Gasteiger partial charge in [0.15, 0.2) is 17.3 Å². The fraction of sp³-hybridized carbons (Fsp3) is 0.396.